The van der Waals surface area contributed by atoms with Crippen molar-refractivity contribution in [2.45, 2.75) is 6.92 Å². The second-order valence-corrected chi connectivity index (χ2v) is 3.49. The Bertz CT molecular complexity index is 508. The van der Waals surface area contributed by atoms with Crippen molar-refractivity contribution in [1.82, 2.24) is 4.98 Å². The molecule has 0 amide bonds. The molecule has 16 heavy (non-hydrogen) atoms. The summed E-state index contributed by atoms with van der Waals surface area (Å²) >= 11 is 0. The van der Waals surface area contributed by atoms with Crippen LogP contribution in [-0.4, -0.2) is 4.98 Å². The summed E-state index contributed by atoms with van der Waals surface area (Å²) in [5.41, 5.74) is 2.63. The number of rotatable bonds is 2. The van der Waals surface area contributed by atoms with Crippen molar-refractivity contribution in [1.29, 1.82) is 5.39 Å². The van der Waals surface area contributed by atoms with Gasteiger partial charge in [0.2, 0.25) is 5.39 Å². The fourth-order valence-electron chi connectivity index (χ4n) is 1.30. The summed E-state index contributed by atoms with van der Waals surface area (Å²) in [6.45, 7) is 2.04. The van der Waals surface area contributed by atoms with E-state index in [1.165, 1.54) is 11.8 Å². The van der Waals surface area contributed by atoms with Gasteiger partial charge < -0.3 is 5.32 Å². The molecule has 0 bridgehead atoms. The molecule has 4 nitrogen and oxygen atoms in total. The first-order valence-corrected chi connectivity index (χ1v) is 4.93. The number of benzene rings is 1. The molecule has 0 spiro atoms. The Morgan fingerprint density at radius 2 is 1.88 bits per heavy atom. The van der Waals surface area contributed by atoms with Gasteiger partial charge in [0, 0.05) is 11.8 Å². The molecule has 1 N–H and O–H groups in total. The van der Waals surface area contributed by atoms with Gasteiger partial charge in [-0.25, -0.2) is 4.98 Å². The summed E-state index contributed by atoms with van der Waals surface area (Å²) < 4.78 is 0. The van der Waals surface area contributed by atoms with Crippen LogP contribution in [0.15, 0.2) is 42.6 Å². The molecule has 0 saturated carbocycles. The maximum atomic E-state index is 8.51. The van der Waals surface area contributed by atoms with E-state index in [0.29, 0.717) is 5.69 Å². The van der Waals surface area contributed by atoms with Gasteiger partial charge >= 0.3 is 5.69 Å². The van der Waals surface area contributed by atoms with Crippen LogP contribution < -0.4 is 5.32 Å². The summed E-state index contributed by atoms with van der Waals surface area (Å²) in [5, 5.41) is 11.7. The molecule has 0 aliphatic carbocycles. The standard InChI is InChI=1S/C12H11N4/c1-9-2-4-10(5-3-9)15-12-7-6-11(16-13)8-14-12/h2-8H,1H3,(H,14,15)/q+1. The normalized spacial score (nSPS) is 9.50. The van der Waals surface area contributed by atoms with Crippen LogP contribution in [0.1, 0.15) is 5.56 Å². The van der Waals surface area contributed by atoms with Gasteiger partial charge in [-0.1, -0.05) is 17.7 Å². The molecule has 2 rings (SSSR count). The van der Waals surface area contributed by atoms with Crippen LogP contribution in [0.25, 0.3) is 4.98 Å². The van der Waals surface area contributed by atoms with E-state index in [9.17, 15) is 0 Å². The highest BCUT2D eigenvalue weighted by atomic mass is 15.0. The first-order chi connectivity index (χ1) is 7.78. The number of aryl methyl sites for hydroxylation is 1. The largest absolute Gasteiger partial charge is 0.403 e. The van der Waals surface area contributed by atoms with Crippen LogP contribution in [0.5, 0.6) is 0 Å². The summed E-state index contributed by atoms with van der Waals surface area (Å²) in [6.07, 6.45) is 1.50. The SMILES string of the molecule is Cc1ccc(Nc2ccc([N+]#N)cn2)cc1. The third kappa shape index (κ3) is 2.34. The van der Waals surface area contributed by atoms with Gasteiger partial charge in [-0.15, -0.1) is 0 Å². The molecule has 1 aromatic carbocycles. The number of hydrogen-bond donors (Lipinski definition) is 1. The molecular formula is C12H11N4+. The van der Waals surface area contributed by atoms with Crippen molar-refractivity contribution in [3.63, 3.8) is 0 Å². The summed E-state index contributed by atoms with van der Waals surface area (Å²) in [5.74, 6) is 0.719. The number of hydrogen-bond acceptors (Lipinski definition) is 3. The number of diazo groups is 1. The quantitative estimate of drug-likeness (QED) is 0.772. The Balaban J connectivity index is 2.15. The van der Waals surface area contributed by atoms with Crippen LogP contribution in [-0.2, 0) is 0 Å². The summed E-state index contributed by atoms with van der Waals surface area (Å²) in [7, 11) is 0. The predicted molar refractivity (Wildman–Crippen MR) is 63.4 cm³/mol. The molecule has 0 aliphatic rings. The van der Waals surface area contributed by atoms with Crippen molar-refractivity contribution >= 4 is 17.2 Å². The molecule has 1 heterocycles. The van der Waals surface area contributed by atoms with E-state index in [1.807, 2.05) is 31.2 Å². The number of nitrogens with one attached hydrogen (secondary N) is 1. The fourth-order valence-corrected chi connectivity index (χ4v) is 1.30. The number of anilines is 2. The van der Waals surface area contributed by atoms with E-state index >= 15 is 0 Å². The summed E-state index contributed by atoms with van der Waals surface area (Å²) in [4.78, 5) is 7.14. The number of pyridine rings is 1. The van der Waals surface area contributed by atoms with E-state index in [-0.39, 0.29) is 0 Å². The number of aromatic nitrogens is 1. The minimum atomic E-state index is 0.439. The van der Waals surface area contributed by atoms with Crippen LogP contribution in [0.4, 0.5) is 17.2 Å². The monoisotopic (exact) mass is 211 g/mol. The van der Waals surface area contributed by atoms with Crippen LogP contribution in [0.2, 0.25) is 0 Å². The smallest absolute Gasteiger partial charge is 0.340 e. The minimum absolute atomic E-state index is 0.439. The number of nitrogens with zero attached hydrogens (tertiary/aromatic N) is 3. The second-order valence-electron chi connectivity index (χ2n) is 3.49. The topological polar surface area (TPSA) is 53.1 Å². The average Bonchev–Trinajstić information content (AvgIpc) is 2.33. The molecule has 0 radical (unpaired) electrons. The van der Waals surface area contributed by atoms with Gasteiger partial charge in [-0.2, -0.15) is 0 Å². The van der Waals surface area contributed by atoms with Gasteiger partial charge in [-0.3, -0.25) is 0 Å². The van der Waals surface area contributed by atoms with Gasteiger partial charge in [0.25, 0.3) is 0 Å². The van der Waals surface area contributed by atoms with E-state index in [2.05, 4.69) is 15.3 Å². The van der Waals surface area contributed by atoms with E-state index in [0.717, 1.165) is 11.5 Å². The van der Waals surface area contributed by atoms with Gasteiger partial charge in [0.1, 0.15) is 12.0 Å². The zero-order chi connectivity index (χ0) is 11.4. The van der Waals surface area contributed by atoms with E-state index in [1.54, 1.807) is 12.1 Å². The van der Waals surface area contributed by atoms with Gasteiger partial charge in [0.05, 0.1) is 0 Å². The van der Waals surface area contributed by atoms with E-state index in [4.69, 9.17) is 5.39 Å². The molecule has 0 saturated heterocycles. The maximum Gasteiger partial charge on any atom is 0.403 e. The van der Waals surface area contributed by atoms with Crippen LogP contribution in [0, 0.1) is 12.3 Å². The van der Waals surface area contributed by atoms with E-state index < -0.39 is 0 Å². The third-order valence-corrected chi connectivity index (χ3v) is 2.19. The highest BCUT2D eigenvalue weighted by Gasteiger charge is 2.03. The fraction of sp³-hybridized carbons (Fsp3) is 0.0833. The molecule has 0 unspecified atom stereocenters. The Hall–Kier alpha value is -2.41. The summed E-state index contributed by atoms with van der Waals surface area (Å²) in [6, 6.07) is 11.5. The lowest BCUT2D eigenvalue weighted by Gasteiger charge is -2.04. The highest BCUT2D eigenvalue weighted by molar-refractivity contribution is 5.58. The first kappa shape index (κ1) is 10.1. The zero-order valence-electron chi connectivity index (χ0n) is 8.88. The molecule has 0 fully saturated rings. The third-order valence-electron chi connectivity index (χ3n) is 2.19. The molecule has 2 aromatic rings. The predicted octanol–water partition coefficient (Wildman–Crippen LogP) is 3.62. The second kappa shape index (κ2) is 4.41. The van der Waals surface area contributed by atoms with Crippen molar-refractivity contribution in [3.8, 4) is 0 Å². The Labute approximate surface area is 93.6 Å². The first-order valence-electron chi connectivity index (χ1n) is 4.93. The molecule has 78 valence electrons. The molecule has 1 aromatic heterocycles. The lowest BCUT2D eigenvalue weighted by atomic mass is 10.2. The highest BCUT2D eigenvalue weighted by Crippen LogP contribution is 2.17. The zero-order valence-corrected chi connectivity index (χ0v) is 8.88. The minimum Gasteiger partial charge on any atom is -0.340 e. The van der Waals surface area contributed by atoms with Gasteiger partial charge in [-0.05, 0) is 25.1 Å². The Morgan fingerprint density at radius 3 is 2.44 bits per heavy atom. The lowest BCUT2D eigenvalue weighted by Crippen LogP contribution is -1.92. The van der Waals surface area contributed by atoms with Crippen molar-refractivity contribution in [2.24, 2.45) is 0 Å². The van der Waals surface area contributed by atoms with Crippen molar-refractivity contribution < 1.29 is 0 Å². The lowest BCUT2D eigenvalue weighted by molar-refractivity contribution is 1.30. The van der Waals surface area contributed by atoms with Crippen molar-refractivity contribution in [2.75, 3.05) is 5.32 Å². The molecular weight excluding hydrogens is 200 g/mol. The molecule has 0 atom stereocenters. The van der Waals surface area contributed by atoms with Crippen LogP contribution in [0.3, 0.4) is 0 Å². The maximum absolute atomic E-state index is 8.51. The Kier molecular flexibility index (Phi) is 2.79. The van der Waals surface area contributed by atoms with Crippen molar-refractivity contribution in [3.05, 3.63) is 53.1 Å². The Morgan fingerprint density at radius 1 is 1.12 bits per heavy atom. The van der Waals surface area contributed by atoms with Crippen LogP contribution >= 0.6 is 0 Å². The molecule has 0 aliphatic heterocycles. The molecule has 4 heteroatoms. The van der Waals surface area contributed by atoms with Gasteiger partial charge in [0.15, 0.2) is 4.98 Å². The average molecular weight is 211 g/mol.